The first-order valence-corrected chi connectivity index (χ1v) is 9.98. The topological polar surface area (TPSA) is 35.6 Å². The number of hydrogen-bond donors (Lipinski definition) is 1. The van der Waals surface area contributed by atoms with E-state index in [0.717, 1.165) is 43.5 Å². The van der Waals surface area contributed by atoms with Crippen LogP contribution >= 0.6 is 0 Å². The number of nitrogens with one attached hydrogen (secondary N) is 1. The van der Waals surface area contributed by atoms with E-state index in [1.54, 1.807) is 18.2 Å². The highest BCUT2D eigenvalue weighted by molar-refractivity contribution is 6.02. The maximum absolute atomic E-state index is 13.2. The van der Waals surface area contributed by atoms with Crippen LogP contribution < -0.4 is 10.2 Å². The molecule has 0 unspecified atom stereocenters. The lowest BCUT2D eigenvalue weighted by molar-refractivity contribution is -0.111. The van der Waals surface area contributed by atoms with Gasteiger partial charge in [0.05, 0.1) is 0 Å². The second-order valence-electron chi connectivity index (χ2n) is 7.66. The van der Waals surface area contributed by atoms with Crippen LogP contribution in [0.4, 0.5) is 15.8 Å². The monoisotopic (exact) mass is 379 g/mol. The van der Waals surface area contributed by atoms with Crippen LogP contribution in [0.3, 0.4) is 0 Å². The molecule has 1 aliphatic carbocycles. The van der Waals surface area contributed by atoms with E-state index in [4.69, 9.17) is 0 Å². The van der Waals surface area contributed by atoms with E-state index in [1.807, 2.05) is 18.2 Å². The fourth-order valence-corrected chi connectivity index (χ4v) is 3.60. The summed E-state index contributed by atoms with van der Waals surface area (Å²) in [5.74, 6) is 0.397. The number of rotatable bonds is 6. The largest absolute Gasteiger partial charge is 0.369 e. The predicted octanol–water partition coefficient (Wildman–Crippen LogP) is 4.01. The van der Waals surface area contributed by atoms with Gasteiger partial charge in [-0.3, -0.25) is 9.69 Å². The molecule has 2 aromatic carbocycles. The van der Waals surface area contributed by atoms with E-state index in [9.17, 15) is 9.18 Å². The summed E-state index contributed by atoms with van der Waals surface area (Å²) in [7, 11) is 0. The zero-order chi connectivity index (χ0) is 19.3. The van der Waals surface area contributed by atoms with Crippen LogP contribution in [0.2, 0.25) is 0 Å². The normalized spacial score (nSPS) is 17.8. The summed E-state index contributed by atoms with van der Waals surface area (Å²) in [6.45, 7) is 5.49. The molecule has 0 aromatic heterocycles. The van der Waals surface area contributed by atoms with E-state index in [-0.39, 0.29) is 11.7 Å². The third-order valence-corrected chi connectivity index (χ3v) is 5.34. The van der Waals surface area contributed by atoms with Crippen molar-refractivity contribution >= 4 is 23.4 Å². The zero-order valence-corrected chi connectivity index (χ0v) is 16.0. The molecule has 0 atom stereocenters. The van der Waals surface area contributed by atoms with Crippen molar-refractivity contribution in [2.45, 2.75) is 12.8 Å². The Labute approximate surface area is 165 Å². The minimum Gasteiger partial charge on any atom is -0.369 e. The lowest BCUT2D eigenvalue weighted by Crippen LogP contribution is -2.47. The van der Waals surface area contributed by atoms with E-state index in [0.29, 0.717) is 5.56 Å². The Balaban J connectivity index is 1.32. The number of amides is 1. The van der Waals surface area contributed by atoms with E-state index < -0.39 is 0 Å². The molecule has 0 spiro atoms. The van der Waals surface area contributed by atoms with Gasteiger partial charge in [-0.25, -0.2) is 4.39 Å². The summed E-state index contributed by atoms with van der Waals surface area (Å²) < 4.78 is 13.2. The molecular weight excluding hydrogens is 353 g/mol. The maximum atomic E-state index is 13.2. The summed E-state index contributed by atoms with van der Waals surface area (Å²) in [6.07, 6.45) is 5.84. The van der Waals surface area contributed by atoms with Crippen LogP contribution in [-0.4, -0.2) is 43.5 Å². The summed E-state index contributed by atoms with van der Waals surface area (Å²) in [5.41, 5.74) is 2.57. The molecule has 146 valence electrons. The van der Waals surface area contributed by atoms with Crippen molar-refractivity contribution in [2.75, 3.05) is 42.9 Å². The Kier molecular flexibility index (Phi) is 5.72. The van der Waals surface area contributed by atoms with Crippen molar-refractivity contribution < 1.29 is 9.18 Å². The molecule has 2 aromatic rings. The number of halogens is 1. The van der Waals surface area contributed by atoms with Gasteiger partial charge >= 0.3 is 0 Å². The van der Waals surface area contributed by atoms with E-state index in [1.165, 1.54) is 37.6 Å². The minimum atomic E-state index is -0.313. The van der Waals surface area contributed by atoms with Crippen molar-refractivity contribution in [1.29, 1.82) is 0 Å². The highest BCUT2D eigenvalue weighted by Gasteiger charge is 2.26. The van der Waals surface area contributed by atoms with Gasteiger partial charge in [0.2, 0.25) is 5.91 Å². The van der Waals surface area contributed by atoms with Gasteiger partial charge in [0, 0.05) is 50.2 Å². The Morgan fingerprint density at radius 3 is 2.61 bits per heavy atom. The highest BCUT2D eigenvalue weighted by atomic mass is 19.1. The average Bonchev–Trinajstić information content (AvgIpc) is 3.51. The van der Waals surface area contributed by atoms with Gasteiger partial charge in [-0.05, 0) is 60.7 Å². The Morgan fingerprint density at radius 2 is 1.86 bits per heavy atom. The van der Waals surface area contributed by atoms with Crippen molar-refractivity contribution in [3.05, 3.63) is 66.0 Å². The molecule has 0 radical (unpaired) electrons. The van der Waals surface area contributed by atoms with Gasteiger partial charge in [0.25, 0.3) is 0 Å². The predicted molar refractivity (Wildman–Crippen MR) is 112 cm³/mol. The van der Waals surface area contributed by atoms with Crippen LogP contribution in [0.1, 0.15) is 18.4 Å². The Hall–Kier alpha value is -2.66. The van der Waals surface area contributed by atoms with Gasteiger partial charge in [-0.15, -0.1) is 0 Å². The summed E-state index contributed by atoms with van der Waals surface area (Å²) >= 11 is 0. The molecule has 5 heteroatoms. The summed E-state index contributed by atoms with van der Waals surface area (Å²) in [4.78, 5) is 17.1. The van der Waals surface area contributed by atoms with E-state index in [2.05, 4.69) is 21.2 Å². The van der Waals surface area contributed by atoms with Crippen molar-refractivity contribution in [3.63, 3.8) is 0 Å². The minimum absolute atomic E-state index is 0.226. The molecule has 1 saturated heterocycles. The van der Waals surface area contributed by atoms with Gasteiger partial charge in [0.1, 0.15) is 5.82 Å². The quantitative estimate of drug-likeness (QED) is 0.771. The lowest BCUT2D eigenvalue weighted by atomic mass is 10.2. The van der Waals surface area contributed by atoms with E-state index >= 15 is 0 Å². The molecule has 1 saturated carbocycles. The molecule has 28 heavy (non-hydrogen) atoms. The van der Waals surface area contributed by atoms with Crippen molar-refractivity contribution in [2.24, 2.45) is 5.92 Å². The number of carbonyl (C=O) groups is 1. The van der Waals surface area contributed by atoms with Gasteiger partial charge in [0.15, 0.2) is 0 Å². The number of piperazine rings is 1. The first kappa shape index (κ1) is 18.7. The van der Waals surface area contributed by atoms with Crippen LogP contribution in [0.5, 0.6) is 0 Å². The summed E-state index contributed by atoms with van der Waals surface area (Å²) in [5, 5.41) is 2.89. The first-order valence-electron chi connectivity index (χ1n) is 9.98. The standard InChI is InChI=1S/C23H26FN3O/c24-20-4-1-3-18(15-20)9-10-23(28)25-21-5-2-6-22(16-21)27-13-11-26(12-14-27)17-19-7-8-19/h1-6,9-10,15-16,19H,7-8,11-14,17H2,(H,25,28). The lowest BCUT2D eigenvalue weighted by Gasteiger charge is -2.36. The molecular formula is C23H26FN3O. The number of anilines is 2. The smallest absolute Gasteiger partial charge is 0.248 e. The van der Waals surface area contributed by atoms with Crippen LogP contribution in [-0.2, 0) is 4.79 Å². The molecule has 2 aliphatic rings. The number of benzene rings is 2. The molecule has 1 aliphatic heterocycles. The fourth-order valence-electron chi connectivity index (χ4n) is 3.60. The molecule has 1 amide bonds. The van der Waals surface area contributed by atoms with Crippen molar-refractivity contribution in [1.82, 2.24) is 4.90 Å². The van der Waals surface area contributed by atoms with Crippen LogP contribution in [0.25, 0.3) is 6.08 Å². The number of hydrogen-bond acceptors (Lipinski definition) is 3. The zero-order valence-electron chi connectivity index (χ0n) is 16.0. The second-order valence-corrected chi connectivity index (χ2v) is 7.66. The average molecular weight is 379 g/mol. The Morgan fingerprint density at radius 1 is 1.07 bits per heavy atom. The third kappa shape index (κ3) is 5.20. The first-order chi connectivity index (χ1) is 13.7. The summed E-state index contributed by atoms with van der Waals surface area (Å²) in [6, 6.07) is 14.1. The number of carbonyl (C=O) groups excluding carboxylic acids is 1. The molecule has 0 bridgehead atoms. The second kappa shape index (κ2) is 8.57. The Bertz CT molecular complexity index is 854. The molecule has 4 nitrogen and oxygen atoms in total. The molecule has 1 N–H and O–H groups in total. The third-order valence-electron chi connectivity index (χ3n) is 5.34. The van der Waals surface area contributed by atoms with Crippen LogP contribution in [0.15, 0.2) is 54.6 Å². The highest BCUT2D eigenvalue weighted by Crippen LogP contribution is 2.30. The molecule has 1 heterocycles. The molecule has 2 fully saturated rings. The fraction of sp³-hybridized carbons (Fsp3) is 0.348. The maximum Gasteiger partial charge on any atom is 0.248 e. The SMILES string of the molecule is O=C(C=Cc1cccc(F)c1)Nc1cccc(N2CCN(CC3CC3)CC2)c1. The number of nitrogens with zero attached hydrogens (tertiary/aromatic N) is 2. The van der Waals surface area contributed by atoms with Crippen LogP contribution in [0, 0.1) is 11.7 Å². The van der Waals surface area contributed by atoms with Gasteiger partial charge in [-0.1, -0.05) is 18.2 Å². The van der Waals surface area contributed by atoms with Gasteiger partial charge < -0.3 is 10.2 Å². The van der Waals surface area contributed by atoms with Gasteiger partial charge in [-0.2, -0.15) is 0 Å². The van der Waals surface area contributed by atoms with Crippen molar-refractivity contribution in [3.8, 4) is 0 Å². The molecule has 4 rings (SSSR count).